The van der Waals surface area contributed by atoms with Gasteiger partial charge in [0.05, 0.1) is 5.69 Å². The Hall–Kier alpha value is -2.50. The molecule has 6 heteroatoms. The summed E-state index contributed by atoms with van der Waals surface area (Å²) in [4.78, 5) is 11.0. The van der Waals surface area contributed by atoms with Crippen LogP contribution in [0.4, 0.5) is 0 Å². The van der Waals surface area contributed by atoms with Crippen LogP contribution in [-0.2, 0) is 7.05 Å². The van der Waals surface area contributed by atoms with Crippen LogP contribution < -0.4 is 9.47 Å². The molecular weight excluding hydrogens is 260 g/mol. The summed E-state index contributed by atoms with van der Waals surface area (Å²) >= 11 is 0. The van der Waals surface area contributed by atoms with Gasteiger partial charge in [0, 0.05) is 12.6 Å². The molecular formula is C14H14N2O4. The third kappa shape index (κ3) is 1.89. The summed E-state index contributed by atoms with van der Waals surface area (Å²) in [6, 6.07) is 5.35. The molecule has 1 aliphatic heterocycles. The lowest BCUT2D eigenvalue weighted by molar-refractivity contribution is 0.0689. The summed E-state index contributed by atoms with van der Waals surface area (Å²) in [6.45, 7) is 2.94. The van der Waals surface area contributed by atoms with E-state index < -0.39 is 5.97 Å². The fourth-order valence-corrected chi connectivity index (χ4v) is 2.30. The maximum Gasteiger partial charge on any atom is 0.356 e. The molecule has 1 aliphatic rings. The Labute approximate surface area is 115 Å². The molecule has 0 saturated heterocycles. The smallest absolute Gasteiger partial charge is 0.356 e. The van der Waals surface area contributed by atoms with Gasteiger partial charge >= 0.3 is 5.97 Å². The zero-order chi connectivity index (χ0) is 14.3. The van der Waals surface area contributed by atoms with Crippen molar-refractivity contribution in [2.45, 2.75) is 6.92 Å². The van der Waals surface area contributed by atoms with Gasteiger partial charge in [0.1, 0.15) is 13.2 Å². The van der Waals surface area contributed by atoms with E-state index in [9.17, 15) is 4.79 Å². The van der Waals surface area contributed by atoms with Crippen LogP contribution in [0.3, 0.4) is 0 Å². The van der Waals surface area contributed by atoms with E-state index in [1.165, 1.54) is 10.7 Å². The van der Waals surface area contributed by atoms with Gasteiger partial charge in [-0.05, 0) is 24.6 Å². The second kappa shape index (κ2) is 4.56. The Morgan fingerprint density at radius 2 is 2.00 bits per heavy atom. The summed E-state index contributed by atoms with van der Waals surface area (Å²) < 4.78 is 12.9. The average molecular weight is 274 g/mol. The van der Waals surface area contributed by atoms with Crippen molar-refractivity contribution in [3.05, 3.63) is 29.5 Å². The number of nitrogens with zero attached hydrogens (tertiary/aromatic N) is 2. The van der Waals surface area contributed by atoms with Gasteiger partial charge in [-0.3, -0.25) is 4.68 Å². The molecule has 0 aliphatic carbocycles. The molecule has 0 saturated carbocycles. The van der Waals surface area contributed by atoms with Crippen LogP contribution in [0, 0.1) is 6.92 Å². The second-order valence-electron chi connectivity index (χ2n) is 4.63. The zero-order valence-electron chi connectivity index (χ0n) is 11.2. The third-order valence-corrected chi connectivity index (χ3v) is 3.26. The molecule has 1 N–H and O–H groups in total. The van der Waals surface area contributed by atoms with Crippen LogP contribution in [-0.4, -0.2) is 34.1 Å². The summed E-state index contributed by atoms with van der Waals surface area (Å²) in [5.41, 5.74) is 2.47. The Kier molecular flexibility index (Phi) is 2.85. The van der Waals surface area contributed by atoms with Gasteiger partial charge < -0.3 is 14.6 Å². The van der Waals surface area contributed by atoms with Crippen molar-refractivity contribution in [1.29, 1.82) is 0 Å². The van der Waals surface area contributed by atoms with Crippen LogP contribution in [0.1, 0.15) is 16.1 Å². The number of hydrogen-bond donors (Lipinski definition) is 1. The number of aryl methyl sites for hydroxylation is 2. The lowest BCUT2D eigenvalue weighted by atomic mass is 10.1. The molecule has 0 spiro atoms. The minimum atomic E-state index is -1.05. The molecule has 6 nitrogen and oxygen atoms in total. The van der Waals surface area contributed by atoms with Gasteiger partial charge in [0.2, 0.25) is 0 Å². The second-order valence-corrected chi connectivity index (χ2v) is 4.63. The van der Waals surface area contributed by atoms with E-state index in [0.29, 0.717) is 30.4 Å². The number of benzene rings is 1. The number of carbonyl (C=O) groups is 1. The fourth-order valence-electron chi connectivity index (χ4n) is 2.30. The Morgan fingerprint density at radius 1 is 1.30 bits per heavy atom. The predicted octanol–water partition coefficient (Wildman–Crippen LogP) is 1.86. The lowest BCUT2D eigenvalue weighted by Gasteiger charge is -2.22. The van der Waals surface area contributed by atoms with E-state index >= 15 is 0 Å². The monoisotopic (exact) mass is 274 g/mol. The Morgan fingerprint density at radius 3 is 2.65 bits per heavy atom. The van der Waals surface area contributed by atoms with Crippen LogP contribution in [0.15, 0.2) is 18.2 Å². The minimum Gasteiger partial charge on any atom is -0.486 e. The minimum absolute atomic E-state index is 0.00792. The van der Waals surface area contributed by atoms with E-state index in [1.54, 1.807) is 7.05 Å². The van der Waals surface area contributed by atoms with Crippen molar-refractivity contribution in [2.75, 3.05) is 13.2 Å². The number of ether oxygens (including phenoxy) is 2. The van der Waals surface area contributed by atoms with E-state index in [1.807, 2.05) is 19.1 Å². The SMILES string of the molecule is Cc1ccc(-c2cc(C(=O)O)nn2C)c2c1OCCO2. The van der Waals surface area contributed by atoms with E-state index in [-0.39, 0.29) is 5.69 Å². The van der Waals surface area contributed by atoms with Crippen LogP contribution in [0.5, 0.6) is 11.5 Å². The number of aromatic nitrogens is 2. The molecule has 3 rings (SSSR count). The number of carboxylic acid groups (broad SMARTS) is 1. The molecule has 20 heavy (non-hydrogen) atoms. The first-order chi connectivity index (χ1) is 9.58. The largest absolute Gasteiger partial charge is 0.486 e. The molecule has 0 bridgehead atoms. The molecule has 1 aromatic carbocycles. The van der Waals surface area contributed by atoms with Gasteiger partial charge in [-0.1, -0.05) is 6.07 Å². The summed E-state index contributed by atoms with van der Waals surface area (Å²) in [5.74, 6) is 0.313. The molecule has 0 amide bonds. The highest BCUT2D eigenvalue weighted by Gasteiger charge is 2.22. The summed E-state index contributed by atoms with van der Waals surface area (Å²) in [5, 5.41) is 13.0. The summed E-state index contributed by atoms with van der Waals surface area (Å²) in [6.07, 6.45) is 0. The lowest BCUT2D eigenvalue weighted by Crippen LogP contribution is -2.17. The molecule has 1 aromatic heterocycles. The number of carboxylic acids is 1. The molecule has 0 radical (unpaired) electrons. The zero-order valence-corrected chi connectivity index (χ0v) is 11.2. The molecule has 2 heterocycles. The molecule has 104 valence electrons. The van der Waals surface area contributed by atoms with Crippen molar-refractivity contribution in [3.63, 3.8) is 0 Å². The number of aromatic carboxylic acids is 1. The van der Waals surface area contributed by atoms with Gasteiger partial charge in [0.15, 0.2) is 17.2 Å². The number of rotatable bonds is 2. The van der Waals surface area contributed by atoms with Crippen LogP contribution in [0.2, 0.25) is 0 Å². The van der Waals surface area contributed by atoms with Crippen molar-refractivity contribution in [3.8, 4) is 22.8 Å². The van der Waals surface area contributed by atoms with E-state index in [0.717, 1.165) is 11.1 Å². The fraction of sp³-hybridized carbons (Fsp3) is 0.286. The van der Waals surface area contributed by atoms with E-state index in [2.05, 4.69) is 5.10 Å². The predicted molar refractivity (Wildman–Crippen MR) is 71.3 cm³/mol. The van der Waals surface area contributed by atoms with Crippen LogP contribution >= 0.6 is 0 Å². The van der Waals surface area contributed by atoms with Crippen molar-refractivity contribution in [1.82, 2.24) is 9.78 Å². The number of hydrogen-bond acceptors (Lipinski definition) is 4. The number of fused-ring (bicyclic) bond motifs is 1. The standard InChI is InChI=1S/C14H14N2O4/c1-8-3-4-9(13-12(8)19-5-6-20-13)11-7-10(14(17)18)15-16(11)2/h3-4,7H,5-6H2,1-2H3,(H,17,18). The quantitative estimate of drug-likeness (QED) is 0.904. The Balaban J connectivity index is 2.18. The molecule has 0 atom stereocenters. The van der Waals surface area contributed by atoms with Crippen LogP contribution in [0.25, 0.3) is 11.3 Å². The molecule has 0 unspecified atom stereocenters. The van der Waals surface area contributed by atoms with Gasteiger partial charge in [-0.2, -0.15) is 5.10 Å². The third-order valence-electron chi connectivity index (χ3n) is 3.26. The van der Waals surface area contributed by atoms with Gasteiger partial charge in [-0.15, -0.1) is 0 Å². The van der Waals surface area contributed by atoms with Crippen molar-refractivity contribution >= 4 is 5.97 Å². The molecule has 2 aromatic rings. The highest BCUT2D eigenvalue weighted by atomic mass is 16.6. The molecule has 0 fully saturated rings. The average Bonchev–Trinajstić information content (AvgIpc) is 2.82. The Bertz CT molecular complexity index is 691. The van der Waals surface area contributed by atoms with Gasteiger partial charge in [0.25, 0.3) is 0 Å². The first-order valence-electron chi connectivity index (χ1n) is 6.25. The maximum atomic E-state index is 11.0. The van der Waals surface area contributed by atoms with E-state index in [4.69, 9.17) is 14.6 Å². The van der Waals surface area contributed by atoms with Crippen molar-refractivity contribution < 1.29 is 19.4 Å². The highest BCUT2D eigenvalue weighted by molar-refractivity contribution is 5.87. The topological polar surface area (TPSA) is 73.6 Å². The normalized spacial score (nSPS) is 13.3. The van der Waals surface area contributed by atoms with Crippen molar-refractivity contribution in [2.24, 2.45) is 7.05 Å². The first-order valence-corrected chi connectivity index (χ1v) is 6.25. The highest BCUT2D eigenvalue weighted by Crippen LogP contribution is 2.42. The van der Waals surface area contributed by atoms with Gasteiger partial charge in [-0.25, -0.2) is 4.79 Å². The first kappa shape index (κ1) is 12.5. The summed E-state index contributed by atoms with van der Waals surface area (Å²) in [7, 11) is 1.71. The maximum absolute atomic E-state index is 11.0.